The van der Waals surface area contributed by atoms with Gasteiger partial charge in [0.05, 0.1) is 25.6 Å². The Balaban J connectivity index is 1.19. The molecule has 4 saturated carbocycles. The maximum atomic E-state index is 15.6. The molecule has 2 unspecified atom stereocenters. The number of carbonyl (C=O) groups excluding carboxylic acids is 12. The minimum atomic E-state index is -5.20. The van der Waals surface area contributed by atoms with Crippen LogP contribution in [0, 0.1) is 29.6 Å². The van der Waals surface area contributed by atoms with E-state index < -0.39 is 237 Å². The largest absolute Gasteiger partial charge is 0.397 e. The molecular weight excluding hydrogens is 1400 g/mol. The van der Waals surface area contributed by atoms with Crippen molar-refractivity contribution in [3.05, 3.63) is 12.2 Å². The molecule has 3 N–H and O–H groups in total. The Morgan fingerprint density at radius 3 is 1.85 bits per heavy atom. The summed E-state index contributed by atoms with van der Waals surface area (Å²) in [6, 6.07) is -11.1. The van der Waals surface area contributed by atoms with Gasteiger partial charge in [-0.3, -0.25) is 57.5 Å². The summed E-state index contributed by atoms with van der Waals surface area (Å²) in [4.78, 5) is 192. The normalized spacial score (nSPS) is 32.2. The molecule has 4 aliphatic heterocycles. The zero-order valence-electron chi connectivity index (χ0n) is 63.3. The second kappa shape index (κ2) is 36.4. The molecule has 8 rings (SSSR count). The van der Waals surface area contributed by atoms with Gasteiger partial charge < -0.3 is 64.8 Å². The second-order valence-corrected chi connectivity index (χ2v) is 31.3. The monoisotopic (exact) mass is 1510 g/mol. The van der Waals surface area contributed by atoms with Crippen LogP contribution in [-0.4, -0.2) is 288 Å². The number of ether oxygens (including phenoxy) is 1. The number of nitrogens with zero attached hydrogens (tertiary/aromatic N) is 9. The molecule has 0 aromatic heterocycles. The van der Waals surface area contributed by atoms with E-state index in [2.05, 4.69) is 16.0 Å². The first kappa shape index (κ1) is 84.5. The molecule has 4 heterocycles. The maximum absolute atomic E-state index is 15.6. The number of halogens is 7. The molecule has 596 valence electrons. The van der Waals surface area contributed by atoms with Crippen molar-refractivity contribution in [2.24, 2.45) is 29.6 Å². The number of nitrogens with one attached hydrogen (secondary N) is 3. The Labute approximate surface area is 617 Å². The third-order valence-electron chi connectivity index (χ3n) is 24.1. The van der Waals surface area contributed by atoms with Crippen molar-refractivity contribution in [1.29, 1.82) is 0 Å². The molecule has 0 radical (unpaired) electrons. The third kappa shape index (κ3) is 19.8. The van der Waals surface area contributed by atoms with Gasteiger partial charge in [-0.05, 0) is 140 Å². The Bertz CT molecular complexity index is 3190. The predicted octanol–water partition coefficient (Wildman–Crippen LogP) is 5.71. The van der Waals surface area contributed by atoms with E-state index in [9.17, 15) is 50.7 Å². The molecule has 32 heteroatoms. The van der Waals surface area contributed by atoms with E-state index in [0.717, 1.165) is 24.5 Å². The van der Waals surface area contributed by atoms with Crippen molar-refractivity contribution in [2.45, 2.75) is 266 Å². The van der Waals surface area contributed by atoms with Gasteiger partial charge in [0.25, 0.3) is 0 Å². The molecule has 2 bridgehead atoms. The van der Waals surface area contributed by atoms with Crippen LogP contribution < -0.4 is 16.0 Å². The highest BCUT2D eigenvalue weighted by molar-refractivity contribution is 6.01. The van der Waals surface area contributed by atoms with Gasteiger partial charge in [-0.15, -0.1) is 0 Å². The van der Waals surface area contributed by atoms with E-state index in [1.165, 1.54) is 57.0 Å². The van der Waals surface area contributed by atoms with Crippen LogP contribution in [0.25, 0.3) is 0 Å². The van der Waals surface area contributed by atoms with Crippen molar-refractivity contribution >= 4 is 70.9 Å². The van der Waals surface area contributed by atoms with Crippen LogP contribution in [0.4, 0.5) is 30.7 Å². The van der Waals surface area contributed by atoms with E-state index >= 15 is 37.5 Å². The molecule has 0 aromatic carbocycles. The smallest absolute Gasteiger partial charge is 0.377 e. The number of carbonyl (C=O) groups is 12. The summed E-state index contributed by atoms with van der Waals surface area (Å²) >= 11 is 0. The van der Waals surface area contributed by atoms with E-state index in [0.29, 0.717) is 64.5 Å². The van der Waals surface area contributed by atoms with Crippen molar-refractivity contribution in [3.63, 3.8) is 0 Å². The Morgan fingerprint density at radius 1 is 0.632 bits per heavy atom. The van der Waals surface area contributed by atoms with Crippen molar-refractivity contribution in [3.8, 4) is 0 Å². The van der Waals surface area contributed by atoms with Crippen LogP contribution in [0.15, 0.2) is 12.2 Å². The van der Waals surface area contributed by atoms with Gasteiger partial charge in [-0.1, -0.05) is 52.2 Å². The predicted molar refractivity (Wildman–Crippen MR) is 374 cm³/mol. The van der Waals surface area contributed by atoms with Gasteiger partial charge in [-0.25, -0.2) is 17.6 Å². The highest BCUT2D eigenvalue weighted by Crippen LogP contribution is 2.45. The van der Waals surface area contributed by atoms with E-state index in [-0.39, 0.29) is 83.9 Å². The number of alkyl halides is 7. The molecule has 1 spiro atoms. The fourth-order valence-electron chi connectivity index (χ4n) is 17.2. The molecule has 106 heavy (non-hydrogen) atoms. The Kier molecular flexibility index (Phi) is 29.0. The third-order valence-corrected chi connectivity index (χ3v) is 24.1. The molecule has 25 nitrogen and oxygen atoms in total. The lowest BCUT2D eigenvalue weighted by Gasteiger charge is -2.46. The molecule has 3 saturated heterocycles. The van der Waals surface area contributed by atoms with Crippen LogP contribution in [0.5, 0.6) is 0 Å². The summed E-state index contributed by atoms with van der Waals surface area (Å²) in [5, 5.41) is 8.43. The van der Waals surface area contributed by atoms with Crippen LogP contribution in [-0.2, 0) is 62.3 Å². The summed E-state index contributed by atoms with van der Waals surface area (Å²) in [6.45, 7) is 5.73. The zero-order chi connectivity index (χ0) is 78.0. The lowest BCUT2D eigenvalue weighted by Crippen LogP contribution is -2.68. The number of hydrogen-bond donors (Lipinski definition) is 3. The minimum absolute atomic E-state index is 0.0210. The molecule has 12 atom stereocenters. The number of fused-ring (bicyclic) bond motifs is 3. The summed E-state index contributed by atoms with van der Waals surface area (Å²) in [5.41, 5.74) is -1.67. The van der Waals surface area contributed by atoms with Gasteiger partial charge >= 0.3 is 6.18 Å². The number of rotatable bonds is 12. The Morgan fingerprint density at radius 2 is 1.26 bits per heavy atom. The SMILES string of the molecule is CCO[C@@H]1C[C@H]2C(=O)NC3(CCC3)C(=O)N(C)[C@@H](C3CCCC3)C(=O)N(C)[C@H](C(=O)N3CCCC3)CC(=O)N(C)[C@@H](CC)C(=O)N[C@@H]([C@@H](C)CC)C(=O)N(C)CC(=O)N(C)[C@@H]3C/C=C\CCN(C3=O)[C@@H](CC3CCC(F)(F)CC3)C(=O)N(C)CC(=O)N[C@@H](CCC3CC(F)C(C(F)(F)F)C(F)C3)C(=O)N2C1. The lowest BCUT2D eigenvalue weighted by molar-refractivity contribution is -0.219. The first-order valence-corrected chi connectivity index (χ1v) is 38.3. The van der Waals surface area contributed by atoms with Crippen LogP contribution in [0.3, 0.4) is 0 Å². The average Bonchev–Trinajstić information content (AvgIpc) is 1.40. The molecule has 0 aromatic rings. The van der Waals surface area contributed by atoms with Crippen LogP contribution >= 0.6 is 0 Å². The van der Waals surface area contributed by atoms with Gasteiger partial charge in [0.2, 0.25) is 76.8 Å². The molecule has 8 aliphatic rings. The average molecular weight is 1510 g/mol. The first-order chi connectivity index (χ1) is 50.0. The summed E-state index contributed by atoms with van der Waals surface area (Å²) < 4.78 is 108. The van der Waals surface area contributed by atoms with Crippen molar-refractivity contribution in [2.75, 3.05) is 88.2 Å². The van der Waals surface area contributed by atoms with Gasteiger partial charge in [-0.2, -0.15) is 13.2 Å². The first-order valence-electron chi connectivity index (χ1n) is 38.3. The van der Waals surface area contributed by atoms with Crippen molar-refractivity contribution < 1.29 is 93.0 Å². The Hall–Kier alpha value is -7.15. The van der Waals surface area contributed by atoms with Crippen LogP contribution in [0.2, 0.25) is 0 Å². The summed E-state index contributed by atoms with van der Waals surface area (Å²) in [6.07, 6.45) is -7.44. The van der Waals surface area contributed by atoms with E-state index in [4.69, 9.17) is 4.74 Å². The maximum Gasteiger partial charge on any atom is 0.397 e. The second-order valence-electron chi connectivity index (χ2n) is 31.3. The number of likely N-dealkylation sites (N-methyl/N-ethyl adjacent to an activating group) is 6. The fraction of sp³-hybridized carbons (Fsp3) is 0.811. The van der Waals surface area contributed by atoms with Gasteiger partial charge in [0.1, 0.15) is 72.1 Å². The molecule has 12 amide bonds. The van der Waals surface area contributed by atoms with E-state index in [1.807, 2.05) is 0 Å². The van der Waals surface area contributed by atoms with Gasteiger partial charge in [0, 0.05) is 94.3 Å². The standard InChI is InChI=1S/C74H113F7N12O13/c1-11-44(4)61-69(103)86(6)43-59(96)88(8)53-24-15-14-18-35-92(68(53)102)56(38-45-27-31-73(77,78)32-28-45)66(100)85(5)42-57(94)82-51(26-25-46-36-49(75)60(50(76)37-46)74(79,80)81)65(99)93-41-48(106-13-3)39-54(93)64(98)84-72(29-21-30-72)71(105)90(10)62(47-22-16-17-23-47)70(104)89(9)55(67(101)91-33-19-20-34-91)40-58(95)87(7)52(12-2)63(97)83-61/h14-15,44-56,60-62H,11-13,16-43H2,1-10H3,(H,82,94)(H,83,97)(H,84,98)/b15-14-/t44-,46?,48+,49?,50?,51-,52-,53+,54-,55-,56-,60?,61-,62-/m0/s1. The quantitative estimate of drug-likeness (QED) is 0.156. The van der Waals surface area contributed by atoms with Gasteiger partial charge in [0.15, 0.2) is 0 Å². The minimum Gasteiger partial charge on any atom is -0.377 e. The topological polar surface area (TPSA) is 279 Å². The van der Waals surface area contributed by atoms with E-state index in [1.54, 1.807) is 44.7 Å². The number of amides is 12. The summed E-state index contributed by atoms with van der Waals surface area (Å²) in [7, 11) is 8.13. The molecule has 7 fully saturated rings. The highest BCUT2D eigenvalue weighted by atomic mass is 19.4. The zero-order valence-corrected chi connectivity index (χ0v) is 63.3. The summed E-state index contributed by atoms with van der Waals surface area (Å²) in [5.74, 6) is -17.6. The number of likely N-dealkylation sites (tertiary alicyclic amines) is 1. The molecular formula is C74H113F7N12O13. The van der Waals surface area contributed by atoms with Crippen molar-refractivity contribution in [1.82, 2.24) is 60.0 Å². The van der Waals surface area contributed by atoms with Crippen LogP contribution in [0.1, 0.15) is 182 Å². The highest BCUT2D eigenvalue weighted by Gasteiger charge is 2.56. The lowest BCUT2D eigenvalue weighted by atomic mass is 9.74. The molecule has 4 aliphatic carbocycles. The fourth-order valence-corrected chi connectivity index (χ4v) is 17.2. The number of hydrogen-bond acceptors (Lipinski definition) is 13.